The fraction of sp³-hybridized carbons (Fsp3) is 0.842. The van der Waals surface area contributed by atoms with Crippen molar-refractivity contribution in [1.82, 2.24) is 15.1 Å². The van der Waals surface area contributed by atoms with Gasteiger partial charge in [-0.3, -0.25) is 19.3 Å². The van der Waals surface area contributed by atoms with E-state index >= 15 is 0 Å². The van der Waals surface area contributed by atoms with Crippen LogP contribution in [0.25, 0.3) is 0 Å². The fourth-order valence-corrected chi connectivity index (χ4v) is 9.80. The standard InChI is InChI=1S/C38H63N3O8/c1-12-36(9)19-28(37(10)23(4)13-16-38(24(5)32(36)45)17-14-26(42)31(37)38)48-29(44)21-40(11)25-15-18-41(20-27(25)43)33(46)30(22(2)3)39-34(47)49-35(6,7)8/h12,22-25,27-28,30-32,43,45H,1,13-21H2,2-11H3,(H,39,47)/t23?,24-,25?,27?,28+,30?,31?,32?,36+,37-,38?/m0/s1. The number of amides is 2. The Bertz CT molecular complexity index is 1280. The van der Waals surface area contributed by atoms with Gasteiger partial charge in [-0.2, -0.15) is 0 Å². The van der Waals surface area contributed by atoms with Gasteiger partial charge in [0, 0.05) is 42.3 Å². The summed E-state index contributed by atoms with van der Waals surface area (Å²) in [5.74, 6) is -1.03. The van der Waals surface area contributed by atoms with Crippen molar-refractivity contribution in [2.75, 3.05) is 26.7 Å². The Morgan fingerprint density at radius 2 is 1.80 bits per heavy atom. The van der Waals surface area contributed by atoms with Crippen LogP contribution in [0.4, 0.5) is 4.79 Å². The number of esters is 1. The number of carbonyl (C=O) groups is 4. The summed E-state index contributed by atoms with van der Waals surface area (Å²) in [7, 11) is 1.77. The van der Waals surface area contributed by atoms with Gasteiger partial charge in [-0.05, 0) is 83.1 Å². The predicted octanol–water partition coefficient (Wildman–Crippen LogP) is 4.34. The van der Waals surface area contributed by atoms with Crippen molar-refractivity contribution in [3.05, 3.63) is 12.7 Å². The number of aliphatic hydroxyl groups excluding tert-OH is 2. The molecule has 0 aromatic rings. The van der Waals surface area contributed by atoms with Gasteiger partial charge in [0.25, 0.3) is 0 Å². The van der Waals surface area contributed by atoms with Crippen molar-refractivity contribution in [1.29, 1.82) is 0 Å². The van der Waals surface area contributed by atoms with Crippen molar-refractivity contribution >= 4 is 23.8 Å². The van der Waals surface area contributed by atoms with Crippen LogP contribution in [-0.4, -0.2) is 106 Å². The second kappa shape index (κ2) is 14.3. The third kappa shape index (κ3) is 7.45. The molecule has 1 saturated heterocycles. The molecule has 3 N–H and O–H groups in total. The highest BCUT2D eigenvalue weighted by molar-refractivity contribution is 5.86. The molecule has 11 nitrogen and oxygen atoms in total. The zero-order valence-corrected chi connectivity index (χ0v) is 31.6. The summed E-state index contributed by atoms with van der Waals surface area (Å²) in [5, 5.41) is 25.7. The van der Waals surface area contributed by atoms with Crippen LogP contribution in [0.1, 0.15) is 101 Å². The number of piperidine rings is 1. The van der Waals surface area contributed by atoms with Gasteiger partial charge in [0.1, 0.15) is 23.5 Å². The van der Waals surface area contributed by atoms with E-state index in [2.05, 4.69) is 32.7 Å². The first kappa shape index (κ1) is 39.3. The number of β-amino-alcohol motifs (C(OH)–C–C–N with tert-alkyl or cyclic N) is 1. The number of rotatable bonds is 8. The number of carbonyl (C=O) groups excluding carboxylic acids is 4. The summed E-state index contributed by atoms with van der Waals surface area (Å²) >= 11 is 0. The first-order valence-corrected chi connectivity index (χ1v) is 18.3. The van der Waals surface area contributed by atoms with Gasteiger partial charge in [0.2, 0.25) is 5.91 Å². The topological polar surface area (TPSA) is 146 Å². The van der Waals surface area contributed by atoms with Crippen LogP contribution in [-0.2, 0) is 23.9 Å². The molecule has 2 bridgehead atoms. The van der Waals surface area contributed by atoms with Gasteiger partial charge in [0.15, 0.2) is 0 Å². The zero-order valence-electron chi connectivity index (χ0n) is 31.6. The number of ketones is 1. The SMILES string of the molecule is C=C[C@]1(C)C[C@@H](OC(=O)CN(C)C2CCN(C(=O)C(NC(=O)OC(C)(C)C)C(C)C)CC2O)[C@]2(C)C(C)CCC3(CCC(=O)C32)[C@@H](C)C1O. The molecule has 11 heteroatoms. The maximum absolute atomic E-state index is 13.8. The maximum Gasteiger partial charge on any atom is 0.408 e. The molecule has 0 aromatic carbocycles. The largest absolute Gasteiger partial charge is 0.461 e. The fourth-order valence-electron chi connectivity index (χ4n) is 9.80. The normalized spacial score (nSPS) is 38.7. The second-order valence-corrected chi connectivity index (χ2v) is 17.6. The van der Waals surface area contributed by atoms with E-state index < -0.39 is 58.9 Å². The number of aliphatic hydroxyl groups is 2. The highest BCUT2D eigenvalue weighted by Crippen LogP contribution is 2.68. The van der Waals surface area contributed by atoms with E-state index in [9.17, 15) is 29.4 Å². The van der Waals surface area contributed by atoms with Crippen LogP contribution in [0.5, 0.6) is 0 Å². The number of likely N-dealkylation sites (N-methyl/N-ethyl adjacent to an activating group) is 1. The average molecular weight is 690 g/mol. The molecule has 2 amide bonds. The molecule has 4 aliphatic rings. The number of Topliss-reactive ketones (excluding diaryl/α,β-unsaturated/α-hetero) is 1. The first-order chi connectivity index (χ1) is 22.6. The van der Waals surface area contributed by atoms with E-state index in [1.807, 2.05) is 20.8 Å². The third-order valence-electron chi connectivity index (χ3n) is 13.0. The highest BCUT2D eigenvalue weighted by atomic mass is 16.6. The molecular formula is C38H63N3O8. The predicted molar refractivity (Wildman–Crippen MR) is 186 cm³/mol. The molecule has 4 rings (SSSR count). The van der Waals surface area contributed by atoms with Crippen LogP contribution in [0.2, 0.25) is 0 Å². The Morgan fingerprint density at radius 3 is 2.37 bits per heavy atom. The molecule has 278 valence electrons. The second-order valence-electron chi connectivity index (χ2n) is 17.6. The van der Waals surface area contributed by atoms with Crippen LogP contribution in [0.15, 0.2) is 12.7 Å². The Hall–Kier alpha value is -2.50. The summed E-state index contributed by atoms with van der Waals surface area (Å²) in [4.78, 5) is 56.8. The summed E-state index contributed by atoms with van der Waals surface area (Å²) in [6, 6.07) is -1.22. The van der Waals surface area contributed by atoms with Gasteiger partial charge < -0.3 is 29.9 Å². The first-order valence-electron chi connectivity index (χ1n) is 18.3. The monoisotopic (exact) mass is 689 g/mol. The van der Waals surface area contributed by atoms with Gasteiger partial charge in [-0.1, -0.05) is 47.6 Å². The number of likely N-dealkylation sites (tertiary alicyclic amines) is 1. The van der Waals surface area contributed by atoms with Gasteiger partial charge in [-0.25, -0.2) is 4.79 Å². The number of hydrogen-bond donors (Lipinski definition) is 3. The van der Waals surface area contributed by atoms with Crippen molar-refractivity contribution in [2.45, 2.75) is 137 Å². The van der Waals surface area contributed by atoms with Gasteiger partial charge in [-0.15, -0.1) is 6.58 Å². The number of nitrogens with one attached hydrogen (secondary N) is 1. The van der Waals surface area contributed by atoms with E-state index in [-0.39, 0.29) is 53.9 Å². The lowest BCUT2D eigenvalue weighted by Crippen LogP contribution is -2.63. The smallest absolute Gasteiger partial charge is 0.408 e. The molecule has 3 saturated carbocycles. The lowest BCUT2D eigenvalue weighted by molar-refractivity contribution is -0.207. The van der Waals surface area contributed by atoms with E-state index in [4.69, 9.17) is 9.47 Å². The minimum absolute atomic E-state index is 0.0555. The number of nitrogens with zero attached hydrogens (tertiary/aromatic N) is 2. The molecular weight excluding hydrogens is 626 g/mol. The third-order valence-corrected chi connectivity index (χ3v) is 13.0. The van der Waals surface area contributed by atoms with Crippen LogP contribution in [0, 0.1) is 39.9 Å². The van der Waals surface area contributed by atoms with Crippen LogP contribution < -0.4 is 5.32 Å². The van der Waals surface area contributed by atoms with E-state index in [1.165, 1.54) is 0 Å². The maximum atomic E-state index is 13.8. The van der Waals surface area contributed by atoms with Gasteiger partial charge >= 0.3 is 12.1 Å². The molecule has 0 aromatic heterocycles. The van der Waals surface area contributed by atoms with Crippen LogP contribution in [0.3, 0.4) is 0 Å². The molecule has 7 unspecified atom stereocenters. The number of alkyl carbamates (subject to hydrolysis) is 1. The Kier molecular flexibility index (Phi) is 11.4. The molecule has 4 fully saturated rings. The molecule has 0 radical (unpaired) electrons. The highest BCUT2D eigenvalue weighted by Gasteiger charge is 2.68. The zero-order chi connectivity index (χ0) is 36.9. The van der Waals surface area contributed by atoms with Crippen molar-refractivity contribution in [3.63, 3.8) is 0 Å². The Morgan fingerprint density at radius 1 is 1.14 bits per heavy atom. The van der Waals surface area contributed by atoms with Crippen molar-refractivity contribution < 1.29 is 38.9 Å². The Balaban J connectivity index is 1.47. The summed E-state index contributed by atoms with van der Waals surface area (Å²) < 4.78 is 11.8. The summed E-state index contributed by atoms with van der Waals surface area (Å²) in [6.07, 6.45) is 2.58. The Labute approximate surface area is 293 Å². The molecule has 3 aliphatic carbocycles. The van der Waals surface area contributed by atoms with E-state index in [1.54, 1.807) is 43.7 Å². The minimum atomic E-state index is -0.931. The van der Waals surface area contributed by atoms with Crippen molar-refractivity contribution in [2.24, 2.45) is 39.9 Å². The lowest BCUT2D eigenvalue weighted by Gasteiger charge is -2.61. The molecule has 1 aliphatic heterocycles. The summed E-state index contributed by atoms with van der Waals surface area (Å²) in [6.45, 7) is 21.7. The molecule has 0 spiro atoms. The summed E-state index contributed by atoms with van der Waals surface area (Å²) in [5.41, 5.74) is -2.39. The number of hydrogen-bond acceptors (Lipinski definition) is 9. The molecule has 49 heavy (non-hydrogen) atoms. The van der Waals surface area contributed by atoms with Crippen molar-refractivity contribution in [3.8, 4) is 0 Å². The van der Waals surface area contributed by atoms with E-state index in [0.29, 0.717) is 25.8 Å². The molecule has 11 atom stereocenters. The quantitative estimate of drug-likeness (QED) is 0.250. The average Bonchev–Trinajstić information content (AvgIpc) is 3.36. The van der Waals surface area contributed by atoms with Crippen LogP contribution >= 0.6 is 0 Å². The molecule has 1 heterocycles. The van der Waals surface area contributed by atoms with Gasteiger partial charge in [0.05, 0.1) is 18.8 Å². The number of ether oxygens (including phenoxy) is 2. The lowest BCUT2D eigenvalue weighted by atomic mass is 9.44. The van der Waals surface area contributed by atoms with E-state index in [0.717, 1.165) is 19.3 Å². The minimum Gasteiger partial charge on any atom is -0.461 e.